The number of carbonyl (C=O) groups excluding carboxylic acids is 1. The van der Waals surface area contributed by atoms with Crippen LogP contribution in [0.1, 0.15) is 58.1 Å². The van der Waals surface area contributed by atoms with Crippen LogP contribution >= 0.6 is 0 Å². The van der Waals surface area contributed by atoms with E-state index in [1.165, 1.54) is 0 Å². The molecule has 2 saturated heterocycles. The van der Waals surface area contributed by atoms with Crippen molar-refractivity contribution in [2.75, 3.05) is 37.6 Å². The van der Waals surface area contributed by atoms with Gasteiger partial charge in [0.25, 0.3) is 0 Å². The van der Waals surface area contributed by atoms with Crippen LogP contribution < -0.4 is 10.2 Å². The number of nitriles is 1. The fourth-order valence-corrected chi connectivity index (χ4v) is 6.48. The van der Waals surface area contributed by atoms with Gasteiger partial charge in [-0.05, 0) is 70.9 Å². The molecule has 0 atom stereocenters. The number of amidine groups is 1. The molecule has 242 valence electrons. The molecule has 13 nitrogen and oxygen atoms in total. The average molecular weight is 634 g/mol. The summed E-state index contributed by atoms with van der Waals surface area (Å²) in [4.78, 5) is 31.1. The molecule has 3 aliphatic rings. The summed E-state index contributed by atoms with van der Waals surface area (Å²) in [5.74, 6) is 2.45. The zero-order valence-electron chi connectivity index (χ0n) is 27.0. The number of pyridine rings is 1. The van der Waals surface area contributed by atoms with Gasteiger partial charge in [0, 0.05) is 55.6 Å². The number of piperidine rings is 2. The standard InChI is InChI=1S/C34H39N11O2/c1-34(2,3)47-33(46)43-15-9-27(10-16-43)44-21-26(20-39-44)28-22-45-31(25(17-35)19-40-45)30(41-28)24-5-6-29(38-18-24)42-13-7-23(8-14-42)32-36-11-4-12-37-32/h4-6,11,18-23,27H,7-10,12-16H2,1-3H3,(H,36,37). The molecule has 0 saturated carbocycles. The predicted molar refractivity (Wildman–Crippen MR) is 178 cm³/mol. The van der Waals surface area contributed by atoms with Crippen LogP contribution in [0.25, 0.3) is 28.0 Å². The number of nitrogens with one attached hydrogen (secondary N) is 1. The van der Waals surface area contributed by atoms with E-state index in [1.54, 1.807) is 15.6 Å². The Morgan fingerprint density at radius 1 is 1.00 bits per heavy atom. The van der Waals surface area contributed by atoms with Gasteiger partial charge in [0.15, 0.2) is 0 Å². The van der Waals surface area contributed by atoms with Crippen LogP contribution in [0.15, 0.2) is 60.4 Å². The van der Waals surface area contributed by atoms with Crippen molar-refractivity contribution in [3.05, 3.63) is 61.0 Å². The first-order valence-electron chi connectivity index (χ1n) is 16.2. The summed E-state index contributed by atoms with van der Waals surface area (Å²) < 4.78 is 9.22. The highest BCUT2D eigenvalue weighted by Crippen LogP contribution is 2.31. The first kappa shape index (κ1) is 30.4. The monoisotopic (exact) mass is 633 g/mol. The average Bonchev–Trinajstić information content (AvgIpc) is 3.76. The Hall–Kier alpha value is -5.25. The summed E-state index contributed by atoms with van der Waals surface area (Å²) in [5, 5.41) is 22.3. The molecule has 0 bridgehead atoms. The lowest BCUT2D eigenvalue weighted by Gasteiger charge is -2.33. The number of likely N-dealkylation sites (tertiary alicyclic amines) is 1. The Morgan fingerprint density at radius 3 is 2.49 bits per heavy atom. The van der Waals surface area contributed by atoms with Gasteiger partial charge in [-0.2, -0.15) is 15.5 Å². The third kappa shape index (κ3) is 6.40. The second-order valence-electron chi connectivity index (χ2n) is 13.3. The van der Waals surface area contributed by atoms with Crippen molar-refractivity contribution in [3.63, 3.8) is 0 Å². The number of amides is 1. The molecule has 0 radical (unpaired) electrons. The lowest BCUT2D eigenvalue weighted by atomic mass is 9.95. The van der Waals surface area contributed by atoms with Crippen molar-refractivity contribution < 1.29 is 9.53 Å². The summed E-state index contributed by atoms with van der Waals surface area (Å²) in [5.41, 5.74) is 3.56. The van der Waals surface area contributed by atoms with Crippen LogP contribution in [-0.4, -0.2) is 84.5 Å². The first-order chi connectivity index (χ1) is 22.8. The maximum Gasteiger partial charge on any atom is 0.410 e. The quantitative estimate of drug-likeness (QED) is 0.327. The summed E-state index contributed by atoms with van der Waals surface area (Å²) in [7, 11) is 0. The maximum atomic E-state index is 12.5. The number of fused-ring (bicyclic) bond motifs is 1. The van der Waals surface area contributed by atoms with Crippen LogP contribution in [0, 0.1) is 17.2 Å². The minimum absolute atomic E-state index is 0.158. The highest BCUT2D eigenvalue weighted by Gasteiger charge is 2.29. The van der Waals surface area contributed by atoms with E-state index in [-0.39, 0.29) is 12.1 Å². The van der Waals surface area contributed by atoms with Crippen molar-refractivity contribution >= 4 is 23.3 Å². The number of carbonyl (C=O) groups is 1. The molecule has 13 heteroatoms. The molecule has 7 heterocycles. The Bertz CT molecular complexity index is 1860. The molecule has 0 aromatic carbocycles. The SMILES string of the molecule is CC(C)(C)OC(=O)N1CCC(n2cc(-c3cn4ncc(C#N)c4c(-c4ccc(N5CCC(C6=NCC=CN6)CC5)nc4)n3)cn2)CC1. The number of ether oxygens (including phenoxy) is 1. The van der Waals surface area contributed by atoms with Gasteiger partial charge in [-0.1, -0.05) is 0 Å². The van der Waals surface area contributed by atoms with E-state index in [0.29, 0.717) is 41.5 Å². The van der Waals surface area contributed by atoms with E-state index in [9.17, 15) is 10.1 Å². The Morgan fingerprint density at radius 2 is 1.81 bits per heavy atom. The molecule has 4 aromatic rings. The van der Waals surface area contributed by atoms with E-state index in [2.05, 4.69) is 31.5 Å². The number of hydrogen-bond acceptors (Lipinski definition) is 10. The molecule has 2 fully saturated rings. The zero-order chi connectivity index (χ0) is 32.5. The lowest BCUT2D eigenvalue weighted by molar-refractivity contribution is 0.0185. The fraction of sp³-hybridized carbons (Fsp3) is 0.441. The van der Waals surface area contributed by atoms with Crippen molar-refractivity contribution in [1.82, 2.24) is 39.6 Å². The van der Waals surface area contributed by atoms with Crippen LogP contribution in [0.3, 0.4) is 0 Å². The third-order valence-corrected chi connectivity index (χ3v) is 8.95. The number of rotatable bonds is 5. The predicted octanol–water partition coefficient (Wildman–Crippen LogP) is 4.83. The first-order valence-corrected chi connectivity index (χ1v) is 16.2. The molecule has 47 heavy (non-hydrogen) atoms. The van der Waals surface area contributed by atoms with Gasteiger partial charge in [-0.25, -0.2) is 19.3 Å². The van der Waals surface area contributed by atoms with Crippen molar-refractivity contribution in [2.45, 2.75) is 58.1 Å². The highest BCUT2D eigenvalue weighted by molar-refractivity contribution is 5.86. The van der Waals surface area contributed by atoms with Crippen LogP contribution in [0.5, 0.6) is 0 Å². The van der Waals surface area contributed by atoms with Crippen LogP contribution in [-0.2, 0) is 4.74 Å². The number of aromatic nitrogens is 6. The number of anilines is 1. The second-order valence-corrected chi connectivity index (χ2v) is 13.3. The summed E-state index contributed by atoms with van der Waals surface area (Å²) in [6.07, 6.45) is 16.4. The highest BCUT2D eigenvalue weighted by atomic mass is 16.6. The lowest BCUT2D eigenvalue weighted by Crippen LogP contribution is -2.42. The smallest absolute Gasteiger partial charge is 0.410 e. The van der Waals surface area contributed by atoms with Gasteiger partial charge in [0.1, 0.15) is 34.4 Å². The van der Waals surface area contributed by atoms with Gasteiger partial charge in [0.2, 0.25) is 0 Å². The topological polar surface area (TPSA) is 142 Å². The van der Waals surface area contributed by atoms with E-state index < -0.39 is 5.60 Å². The number of hydrogen-bond donors (Lipinski definition) is 1. The van der Waals surface area contributed by atoms with Crippen LogP contribution in [0.2, 0.25) is 0 Å². The molecule has 0 aliphatic carbocycles. The van der Waals surface area contributed by atoms with Crippen LogP contribution in [0.4, 0.5) is 10.6 Å². The largest absolute Gasteiger partial charge is 0.444 e. The zero-order valence-corrected chi connectivity index (χ0v) is 27.0. The minimum atomic E-state index is -0.517. The molecule has 4 aromatic heterocycles. The number of nitrogens with zero attached hydrogens (tertiary/aromatic N) is 10. The van der Waals surface area contributed by atoms with Gasteiger partial charge >= 0.3 is 6.09 Å². The molecule has 0 unspecified atom stereocenters. The number of aliphatic imine (C=N–C) groups is 1. The van der Waals surface area contributed by atoms with Crippen molar-refractivity contribution in [1.29, 1.82) is 5.26 Å². The van der Waals surface area contributed by atoms with E-state index in [0.717, 1.165) is 68.1 Å². The molecule has 1 N–H and O–H groups in total. The van der Waals surface area contributed by atoms with Gasteiger partial charge < -0.3 is 19.9 Å². The van der Waals surface area contributed by atoms with Gasteiger partial charge in [0.05, 0.1) is 42.6 Å². The summed E-state index contributed by atoms with van der Waals surface area (Å²) >= 11 is 0. The van der Waals surface area contributed by atoms with Crippen molar-refractivity contribution in [3.8, 4) is 28.6 Å². The maximum absolute atomic E-state index is 12.5. The van der Waals surface area contributed by atoms with Gasteiger partial charge in [-0.3, -0.25) is 9.67 Å². The third-order valence-electron chi connectivity index (χ3n) is 8.95. The second kappa shape index (κ2) is 12.5. The van der Waals surface area contributed by atoms with Gasteiger partial charge in [-0.15, -0.1) is 0 Å². The van der Waals surface area contributed by atoms with E-state index in [1.807, 2.05) is 74.6 Å². The molecular formula is C34H39N11O2. The minimum Gasteiger partial charge on any atom is -0.444 e. The Kier molecular flexibility index (Phi) is 8.09. The Balaban J connectivity index is 1.08. The molecule has 7 rings (SSSR count). The van der Waals surface area contributed by atoms with Crippen molar-refractivity contribution in [2.24, 2.45) is 10.9 Å². The van der Waals surface area contributed by atoms with E-state index in [4.69, 9.17) is 14.7 Å². The Labute approximate surface area is 273 Å². The molecule has 1 amide bonds. The molecule has 3 aliphatic heterocycles. The molecular weight excluding hydrogens is 594 g/mol. The van der Waals surface area contributed by atoms with E-state index >= 15 is 0 Å². The normalized spacial score (nSPS) is 17.8. The summed E-state index contributed by atoms with van der Waals surface area (Å²) in [6.45, 7) is 9.42. The fourth-order valence-electron chi connectivity index (χ4n) is 6.48. The molecule has 0 spiro atoms. The summed E-state index contributed by atoms with van der Waals surface area (Å²) in [6, 6.07) is 6.47.